The fourth-order valence-electron chi connectivity index (χ4n) is 2.35. The number of carbonyl (C=O) groups excluding carboxylic acids is 1. The molecular weight excluding hydrogens is 252 g/mol. The van der Waals surface area contributed by atoms with Gasteiger partial charge in [-0.2, -0.15) is 0 Å². The summed E-state index contributed by atoms with van der Waals surface area (Å²) >= 11 is 0. The van der Waals surface area contributed by atoms with Gasteiger partial charge in [0.1, 0.15) is 11.4 Å². The van der Waals surface area contributed by atoms with Crippen molar-refractivity contribution >= 4 is 5.78 Å². The summed E-state index contributed by atoms with van der Waals surface area (Å²) in [5.74, 6) is 0.682. The monoisotopic (exact) mass is 278 g/mol. The van der Waals surface area contributed by atoms with E-state index in [4.69, 9.17) is 9.47 Å². The van der Waals surface area contributed by atoms with Gasteiger partial charge in [-0.05, 0) is 38.3 Å². The van der Waals surface area contributed by atoms with Crippen LogP contribution in [0.15, 0.2) is 24.3 Å². The van der Waals surface area contributed by atoms with E-state index in [9.17, 15) is 4.79 Å². The Morgan fingerprint density at radius 3 is 2.30 bits per heavy atom. The lowest BCUT2D eigenvalue weighted by Crippen LogP contribution is -2.40. The van der Waals surface area contributed by atoms with E-state index in [1.54, 1.807) is 0 Å². The highest BCUT2D eigenvalue weighted by molar-refractivity contribution is 6.04. The Labute approximate surface area is 122 Å². The Morgan fingerprint density at radius 2 is 1.75 bits per heavy atom. The Kier molecular flexibility index (Phi) is 6.73. The first-order valence-corrected chi connectivity index (χ1v) is 7.55. The molecule has 0 aliphatic carbocycles. The molecule has 1 aromatic carbocycles. The maximum absolute atomic E-state index is 12.9. The summed E-state index contributed by atoms with van der Waals surface area (Å²) < 4.78 is 11.5. The minimum atomic E-state index is -0.736. The van der Waals surface area contributed by atoms with Crippen LogP contribution >= 0.6 is 0 Å². The number of rotatable bonds is 9. The molecule has 20 heavy (non-hydrogen) atoms. The first kappa shape index (κ1) is 16.7. The number of para-hydroxylation sites is 1. The zero-order valence-corrected chi connectivity index (χ0v) is 13.1. The van der Waals surface area contributed by atoms with E-state index in [2.05, 4.69) is 0 Å². The molecular formula is C17H26O3. The van der Waals surface area contributed by atoms with Crippen molar-refractivity contribution in [2.45, 2.75) is 52.6 Å². The number of carbonyl (C=O) groups is 1. The molecule has 0 saturated carbocycles. The van der Waals surface area contributed by atoms with Gasteiger partial charge in [0.15, 0.2) is 5.78 Å². The predicted molar refractivity (Wildman–Crippen MR) is 81.5 cm³/mol. The van der Waals surface area contributed by atoms with Gasteiger partial charge < -0.3 is 9.47 Å². The quantitative estimate of drug-likeness (QED) is 0.633. The maximum Gasteiger partial charge on any atom is 0.198 e. The van der Waals surface area contributed by atoms with Gasteiger partial charge in [-0.15, -0.1) is 0 Å². The molecule has 0 unspecified atom stereocenters. The first-order chi connectivity index (χ1) is 9.65. The standard InChI is InChI=1S/C17H26O3/c1-5-13-19-15-12-10-9-11-14(15)16(18)17(6-2,7-3)20-8-4/h9-12H,5-8,13H2,1-4H3. The minimum absolute atomic E-state index is 0.0241. The highest BCUT2D eigenvalue weighted by atomic mass is 16.5. The lowest BCUT2D eigenvalue weighted by molar-refractivity contribution is -0.0252. The molecule has 0 fully saturated rings. The van der Waals surface area contributed by atoms with Gasteiger partial charge in [0.2, 0.25) is 0 Å². The number of hydrogen-bond acceptors (Lipinski definition) is 3. The summed E-state index contributed by atoms with van der Waals surface area (Å²) in [6.07, 6.45) is 2.25. The Balaban J connectivity index is 3.11. The van der Waals surface area contributed by atoms with Crippen LogP contribution in [0.4, 0.5) is 0 Å². The molecule has 0 atom stereocenters. The molecule has 0 aromatic heterocycles. The van der Waals surface area contributed by atoms with E-state index in [0.29, 0.717) is 37.4 Å². The van der Waals surface area contributed by atoms with Crippen molar-refractivity contribution in [3.8, 4) is 5.75 Å². The second kappa shape index (κ2) is 8.05. The van der Waals surface area contributed by atoms with Crippen LogP contribution in [0.3, 0.4) is 0 Å². The zero-order chi connectivity index (χ0) is 15.0. The van der Waals surface area contributed by atoms with Crippen molar-refractivity contribution in [2.75, 3.05) is 13.2 Å². The molecule has 112 valence electrons. The highest BCUT2D eigenvalue weighted by Crippen LogP contribution is 2.30. The summed E-state index contributed by atoms with van der Waals surface area (Å²) in [6.45, 7) is 9.11. The molecule has 0 spiro atoms. The fourth-order valence-corrected chi connectivity index (χ4v) is 2.35. The van der Waals surface area contributed by atoms with Crippen molar-refractivity contribution in [2.24, 2.45) is 0 Å². The number of benzene rings is 1. The van der Waals surface area contributed by atoms with Crippen LogP contribution in [0.25, 0.3) is 0 Å². The summed E-state index contributed by atoms with van der Waals surface area (Å²) in [7, 11) is 0. The van der Waals surface area contributed by atoms with Crippen molar-refractivity contribution in [3.05, 3.63) is 29.8 Å². The highest BCUT2D eigenvalue weighted by Gasteiger charge is 2.37. The largest absolute Gasteiger partial charge is 0.493 e. The number of hydrogen-bond donors (Lipinski definition) is 0. The van der Waals surface area contributed by atoms with E-state index in [-0.39, 0.29) is 5.78 Å². The number of ketones is 1. The van der Waals surface area contributed by atoms with Crippen LogP contribution in [0.1, 0.15) is 57.3 Å². The van der Waals surface area contributed by atoms with Gasteiger partial charge in [-0.25, -0.2) is 0 Å². The van der Waals surface area contributed by atoms with Crippen LogP contribution in [0, 0.1) is 0 Å². The van der Waals surface area contributed by atoms with Crippen molar-refractivity contribution < 1.29 is 14.3 Å². The molecule has 0 saturated heterocycles. The molecule has 0 bridgehead atoms. The van der Waals surface area contributed by atoms with E-state index in [1.807, 2.05) is 52.0 Å². The van der Waals surface area contributed by atoms with E-state index < -0.39 is 5.60 Å². The fraction of sp³-hybridized carbons (Fsp3) is 0.588. The molecule has 3 heteroatoms. The third-order valence-corrected chi connectivity index (χ3v) is 3.57. The Bertz CT molecular complexity index is 422. The van der Waals surface area contributed by atoms with Crippen molar-refractivity contribution in [1.82, 2.24) is 0 Å². The molecule has 0 amide bonds. The molecule has 0 N–H and O–H groups in total. The predicted octanol–water partition coefficient (Wildman–Crippen LogP) is 4.25. The van der Waals surface area contributed by atoms with E-state index in [0.717, 1.165) is 6.42 Å². The molecule has 0 aliphatic rings. The van der Waals surface area contributed by atoms with Gasteiger partial charge >= 0.3 is 0 Å². The van der Waals surface area contributed by atoms with Crippen LogP contribution < -0.4 is 4.74 Å². The SMILES string of the molecule is CCCOc1ccccc1C(=O)C(CC)(CC)OCC. The third kappa shape index (κ3) is 3.60. The molecule has 0 radical (unpaired) electrons. The van der Waals surface area contributed by atoms with Crippen LogP contribution in [0.2, 0.25) is 0 Å². The van der Waals surface area contributed by atoms with Crippen LogP contribution in [-0.4, -0.2) is 24.6 Å². The molecule has 3 nitrogen and oxygen atoms in total. The lowest BCUT2D eigenvalue weighted by Gasteiger charge is -2.30. The second-order valence-corrected chi connectivity index (χ2v) is 4.81. The minimum Gasteiger partial charge on any atom is -0.493 e. The molecule has 1 aromatic rings. The van der Waals surface area contributed by atoms with Gasteiger partial charge in [0, 0.05) is 6.61 Å². The summed E-state index contributed by atoms with van der Waals surface area (Å²) in [5, 5.41) is 0. The molecule has 0 heterocycles. The van der Waals surface area contributed by atoms with E-state index >= 15 is 0 Å². The third-order valence-electron chi connectivity index (χ3n) is 3.57. The lowest BCUT2D eigenvalue weighted by atomic mass is 9.87. The normalized spacial score (nSPS) is 11.4. The Hall–Kier alpha value is -1.35. The van der Waals surface area contributed by atoms with Gasteiger partial charge in [0.05, 0.1) is 12.2 Å². The molecule has 1 rings (SSSR count). The smallest absolute Gasteiger partial charge is 0.198 e. The average Bonchev–Trinajstić information content (AvgIpc) is 2.50. The van der Waals surface area contributed by atoms with Gasteiger partial charge in [-0.3, -0.25) is 4.79 Å². The number of ether oxygens (including phenoxy) is 2. The maximum atomic E-state index is 12.9. The summed E-state index contributed by atoms with van der Waals surface area (Å²) in [5.41, 5.74) is -0.112. The van der Waals surface area contributed by atoms with Crippen molar-refractivity contribution in [3.63, 3.8) is 0 Å². The number of Topliss-reactive ketones (excluding diaryl/α,β-unsaturated/α-hetero) is 1. The van der Waals surface area contributed by atoms with Gasteiger partial charge in [0.25, 0.3) is 0 Å². The molecule has 0 aliphatic heterocycles. The summed E-state index contributed by atoms with van der Waals surface area (Å²) in [6, 6.07) is 7.44. The van der Waals surface area contributed by atoms with Crippen LogP contribution in [0.5, 0.6) is 5.75 Å². The van der Waals surface area contributed by atoms with E-state index in [1.165, 1.54) is 0 Å². The summed E-state index contributed by atoms with van der Waals surface area (Å²) in [4.78, 5) is 12.9. The van der Waals surface area contributed by atoms with Gasteiger partial charge in [-0.1, -0.05) is 32.9 Å². The van der Waals surface area contributed by atoms with Crippen LogP contribution in [-0.2, 0) is 4.74 Å². The first-order valence-electron chi connectivity index (χ1n) is 7.55. The Morgan fingerprint density at radius 1 is 1.10 bits per heavy atom. The topological polar surface area (TPSA) is 35.5 Å². The zero-order valence-electron chi connectivity index (χ0n) is 13.1. The average molecular weight is 278 g/mol. The second-order valence-electron chi connectivity index (χ2n) is 4.81. The van der Waals surface area contributed by atoms with Crippen molar-refractivity contribution in [1.29, 1.82) is 0 Å².